The number of fused-ring (bicyclic) bond motifs is 1. The van der Waals surface area contributed by atoms with Gasteiger partial charge in [0.25, 0.3) is 0 Å². The van der Waals surface area contributed by atoms with Gasteiger partial charge in [0.2, 0.25) is 0 Å². The summed E-state index contributed by atoms with van der Waals surface area (Å²) in [7, 11) is 0. The minimum Gasteiger partial charge on any atom is -0.755 e. The molecule has 2 aromatic rings. The van der Waals surface area contributed by atoms with Gasteiger partial charge < -0.3 is 14.0 Å². The molecule has 1 aliphatic rings. The van der Waals surface area contributed by atoms with E-state index in [0.717, 1.165) is 21.8 Å². The topological polar surface area (TPSA) is 74.3 Å². The standard InChI is InChI=1S/C16H14BrFN2O3S/c1-16(2)15(17)14(12-6-3-9(18)8-19-12)11-5-4-10(20-24(21)22)7-13(11)23-16/h3-8,20H,1-2H3,(H,21,22)/p-1. The predicted molar refractivity (Wildman–Crippen MR) is 92.8 cm³/mol. The molecule has 2 heterocycles. The van der Waals surface area contributed by atoms with Crippen molar-refractivity contribution < 1.29 is 17.9 Å². The van der Waals surface area contributed by atoms with E-state index in [1.807, 2.05) is 13.8 Å². The molecule has 1 aromatic heterocycles. The third kappa shape index (κ3) is 3.22. The van der Waals surface area contributed by atoms with Crippen LogP contribution in [0.25, 0.3) is 5.57 Å². The van der Waals surface area contributed by atoms with Crippen molar-refractivity contribution in [1.29, 1.82) is 0 Å². The third-order valence-electron chi connectivity index (χ3n) is 3.55. The number of hydrogen-bond acceptors (Lipinski definition) is 4. The van der Waals surface area contributed by atoms with Crippen LogP contribution in [0.15, 0.2) is 41.0 Å². The molecule has 24 heavy (non-hydrogen) atoms. The summed E-state index contributed by atoms with van der Waals surface area (Å²) in [6.45, 7) is 3.74. The van der Waals surface area contributed by atoms with Crippen LogP contribution in [-0.4, -0.2) is 19.3 Å². The van der Waals surface area contributed by atoms with Crippen LogP contribution < -0.4 is 9.46 Å². The molecule has 1 N–H and O–H groups in total. The summed E-state index contributed by atoms with van der Waals surface area (Å²) in [5, 5.41) is 0. The van der Waals surface area contributed by atoms with Crippen LogP contribution in [0.2, 0.25) is 0 Å². The summed E-state index contributed by atoms with van der Waals surface area (Å²) >= 11 is 1.15. The number of rotatable bonds is 3. The number of ether oxygens (including phenoxy) is 1. The van der Waals surface area contributed by atoms with E-state index < -0.39 is 22.7 Å². The number of aromatic nitrogens is 1. The van der Waals surface area contributed by atoms with Gasteiger partial charge >= 0.3 is 0 Å². The molecule has 0 saturated carbocycles. The SMILES string of the molecule is CC1(C)Oc2cc(NS(=O)[O-])ccc2C(c2ccc(F)cn2)=C1Br. The Hall–Kier alpha value is -1.77. The monoisotopic (exact) mass is 411 g/mol. The van der Waals surface area contributed by atoms with Gasteiger partial charge in [0.15, 0.2) is 0 Å². The van der Waals surface area contributed by atoms with Crippen LogP contribution in [0.3, 0.4) is 0 Å². The van der Waals surface area contributed by atoms with Crippen molar-refractivity contribution in [3.63, 3.8) is 0 Å². The lowest BCUT2D eigenvalue weighted by Crippen LogP contribution is -2.32. The van der Waals surface area contributed by atoms with Gasteiger partial charge in [-0.2, -0.15) is 0 Å². The summed E-state index contributed by atoms with van der Waals surface area (Å²) in [5.74, 6) is 0.0965. The molecule has 3 rings (SSSR count). The van der Waals surface area contributed by atoms with E-state index in [4.69, 9.17) is 4.74 Å². The van der Waals surface area contributed by atoms with Gasteiger partial charge in [-0.05, 0) is 38.1 Å². The molecule has 0 aliphatic carbocycles. The molecule has 8 heteroatoms. The van der Waals surface area contributed by atoms with E-state index in [-0.39, 0.29) is 0 Å². The van der Waals surface area contributed by atoms with Crippen LogP contribution >= 0.6 is 15.9 Å². The molecule has 1 aromatic carbocycles. The Labute approximate surface area is 149 Å². The maximum Gasteiger partial charge on any atom is 0.141 e. The average molecular weight is 412 g/mol. The number of pyridine rings is 1. The largest absolute Gasteiger partial charge is 0.755 e. The summed E-state index contributed by atoms with van der Waals surface area (Å²) < 4.78 is 43.9. The Bertz CT molecular complexity index is 853. The minimum atomic E-state index is -2.42. The van der Waals surface area contributed by atoms with Crippen molar-refractivity contribution in [1.82, 2.24) is 4.98 Å². The van der Waals surface area contributed by atoms with Crippen LogP contribution in [0.4, 0.5) is 10.1 Å². The van der Waals surface area contributed by atoms with Gasteiger partial charge in [0.1, 0.15) is 17.2 Å². The second kappa shape index (κ2) is 6.27. The van der Waals surface area contributed by atoms with Crippen molar-refractivity contribution in [3.05, 3.63) is 58.1 Å². The third-order valence-corrected chi connectivity index (χ3v) is 5.30. The molecule has 5 nitrogen and oxygen atoms in total. The first-order chi connectivity index (χ1) is 11.3. The number of nitrogens with zero attached hydrogens (tertiary/aromatic N) is 1. The quantitative estimate of drug-likeness (QED) is 0.780. The number of anilines is 1. The van der Waals surface area contributed by atoms with Crippen molar-refractivity contribution >= 4 is 38.5 Å². The van der Waals surface area contributed by atoms with Crippen LogP contribution in [0.5, 0.6) is 5.75 Å². The molecule has 1 aliphatic heterocycles. The number of halogens is 2. The predicted octanol–water partition coefficient (Wildman–Crippen LogP) is 3.75. The maximum atomic E-state index is 13.2. The Morgan fingerprint density at radius 3 is 2.71 bits per heavy atom. The summed E-state index contributed by atoms with van der Waals surface area (Å²) in [4.78, 5) is 4.15. The highest BCUT2D eigenvalue weighted by atomic mass is 79.9. The summed E-state index contributed by atoms with van der Waals surface area (Å²) in [5.41, 5.74) is 1.81. The van der Waals surface area contributed by atoms with E-state index in [1.54, 1.807) is 24.3 Å². The molecule has 0 fully saturated rings. The van der Waals surface area contributed by atoms with Gasteiger partial charge in [0.05, 0.1) is 11.9 Å². The Morgan fingerprint density at radius 2 is 2.08 bits per heavy atom. The van der Waals surface area contributed by atoms with E-state index >= 15 is 0 Å². The van der Waals surface area contributed by atoms with E-state index in [2.05, 4.69) is 25.6 Å². The van der Waals surface area contributed by atoms with Gasteiger partial charge in [-0.25, -0.2) is 4.39 Å². The van der Waals surface area contributed by atoms with E-state index in [0.29, 0.717) is 17.1 Å². The summed E-state index contributed by atoms with van der Waals surface area (Å²) in [6.07, 6.45) is 1.15. The molecule has 1 atom stereocenters. The molecular weight excluding hydrogens is 399 g/mol. The average Bonchev–Trinajstić information content (AvgIpc) is 2.49. The minimum absolute atomic E-state index is 0.391. The molecule has 0 radical (unpaired) electrons. The first kappa shape index (κ1) is 17.1. The van der Waals surface area contributed by atoms with Gasteiger partial charge in [0, 0.05) is 38.6 Å². The highest BCUT2D eigenvalue weighted by Crippen LogP contribution is 2.46. The summed E-state index contributed by atoms with van der Waals surface area (Å²) in [6, 6.07) is 7.90. The van der Waals surface area contributed by atoms with Crippen molar-refractivity contribution in [2.75, 3.05) is 4.72 Å². The van der Waals surface area contributed by atoms with Crippen LogP contribution in [0.1, 0.15) is 25.1 Å². The zero-order valence-corrected chi connectivity index (χ0v) is 15.2. The Kier molecular flexibility index (Phi) is 4.46. The lowest BCUT2D eigenvalue weighted by atomic mass is 9.92. The highest BCUT2D eigenvalue weighted by molar-refractivity contribution is 9.12. The normalized spacial score (nSPS) is 17.0. The Balaban J connectivity index is 2.17. The fourth-order valence-corrected chi connectivity index (χ4v) is 3.30. The first-order valence-corrected chi connectivity index (χ1v) is 8.86. The molecule has 0 saturated heterocycles. The second-order valence-corrected chi connectivity index (χ2v) is 7.18. The van der Waals surface area contributed by atoms with Crippen LogP contribution in [0, 0.1) is 5.82 Å². The van der Waals surface area contributed by atoms with E-state index in [9.17, 15) is 13.2 Å². The lowest BCUT2D eigenvalue weighted by molar-refractivity contribution is 0.155. The van der Waals surface area contributed by atoms with E-state index in [1.165, 1.54) is 6.07 Å². The number of hydrogen-bond donors (Lipinski definition) is 1. The van der Waals surface area contributed by atoms with Crippen molar-refractivity contribution in [3.8, 4) is 5.75 Å². The molecule has 0 bridgehead atoms. The highest BCUT2D eigenvalue weighted by Gasteiger charge is 2.34. The molecule has 1 unspecified atom stereocenters. The molecule has 0 spiro atoms. The van der Waals surface area contributed by atoms with Gasteiger partial charge in [-0.1, -0.05) is 15.9 Å². The molecule has 0 amide bonds. The smallest absolute Gasteiger partial charge is 0.141 e. The molecule has 126 valence electrons. The van der Waals surface area contributed by atoms with Crippen molar-refractivity contribution in [2.24, 2.45) is 0 Å². The fraction of sp³-hybridized carbons (Fsp3) is 0.188. The Morgan fingerprint density at radius 1 is 1.33 bits per heavy atom. The van der Waals surface area contributed by atoms with Crippen LogP contribution in [-0.2, 0) is 11.3 Å². The first-order valence-electron chi connectivity index (χ1n) is 6.99. The number of nitrogens with one attached hydrogen (secondary N) is 1. The maximum absolute atomic E-state index is 13.2. The van der Waals surface area contributed by atoms with Crippen molar-refractivity contribution in [2.45, 2.75) is 19.4 Å². The zero-order valence-electron chi connectivity index (χ0n) is 12.8. The van der Waals surface area contributed by atoms with Gasteiger partial charge in [-0.3, -0.25) is 9.19 Å². The molecular formula is C16H13BrFN2O3S-. The fourth-order valence-electron chi connectivity index (χ4n) is 2.49. The zero-order chi connectivity index (χ0) is 17.5. The number of benzene rings is 1. The van der Waals surface area contributed by atoms with Gasteiger partial charge in [-0.15, -0.1) is 0 Å². The lowest BCUT2D eigenvalue weighted by Gasteiger charge is -2.34. The second-order valence-electron chi connectivity index (χ2n) is 5.71.